The molecule has 0 aliphatic rings. The molecular formula is C11H17ClN2O. The predicted octanol–water partition coefficient (Wildman–Crippen LogP) is 2.34. The summed E-state index contributed by atoms with van der Waals surface area (Å²) in [5, 5.41) is 3.99. The normalized spacial score (nSPS) is 10.2. The first kappa shape index (κ1) is 12.1. The Labute approximate surface area is 95.6 Å². The quantitative estimate of drug-likeness (QED) is 0.832. The largest absolute Gasteiger partial charge is 0.495 e. The van der Waals surface area contributed by atoms with Crippen LogP contribution < -0.4 is 15.8 Å². The first-order valence-electron chi connectivity index (χ1n) is 4.89. The van der Waals surface area contributed by atoms with Crippen LogP contribution in [0.2, 0.25) is 5.02 Å². The molecule has 1 rings (SSSR count). The molecule has 15 heavy (non-hydrogen) atoms. The van der Waals surface area contributed by atoms with Gasteiger partial charge >= 0.3 is 0 Å². The zero-order chi connectivity index (χ0) is 11.4. The molecule has 4 heteroatoms. The number of hydrogen-bond donors (Lipinski definition) is 2. The van der Waals surface area contributed by atoms with E-state index in [0.29, 0.717) is 13.1 Å². The summed E-state index contributed by atoms with van der Waals surface area (Å²) >= 11 is 6.16. The van der Waals surface area contributed by atoms with E-state index in [0.717, 1.165) is 27.6 Å². The molecule has 0 unspecified atom stereocenters. The van der Waals surface area contributed by atoms with E-state index in [-0.39, 0.29) is 0 Å². The fourth-order valence-corrected chi connectivity index (χ4v) is 1.65. The van der Waals surface area contributed by atoms with Gasteiger partial charge < -0.3 is 15.8 Å². The van der Waals surface area contributed by atoms with Crippen LogP contribution in [-0.2, 0) is 0 Å². The van der Waals surface area contributed by atoms with E-state index in [1.165, 1.54) is 0 Å². The predicted molar refractivity (Wildman–Crippen MR) is 65.0 cm³/mol. The molecule has 0 spiro atoms. The Morgan fingerprint density at radius 3 is 2.67 bits per heavy atom. The van der Waals surface area contributed by atoms with Crippen molar-refractivity contribution in [1.82, 2.24) is 0 Å². The maximum atomic E-state index is 6.16. The van der Waals surface area contributed by atoms with Gasteiger partial charge in [-0.1, -0.05) is 11.6 Å². The van der Waals surface area contributed by atoms with E-state index in [2.05, 4.69) is 5.32 Å². The van der Waals surface area contributed by atoms with Gasteiger partial charge in [-0.3, -0.25) is 0 Å². The molecule has 0 bridgehead atoms. The number of ether oxygens (including phenoxy) is 1. The van der Waals surface area contributed by atoms with Gasteiger partial charge in [0.2, 0.25) is 0 Å². The SMILES string of the molecule is COc1cc(C)c(Cl)c(C)c1NCCN. The van der Waals surface area contributed by atoms with Crippen molar-refractivity contribution < 1.29 is 4.74 Å². The summed E-state index contributed by atoms with van der Waals surface area (Å²) in [5.74, 6) is 0.808. The molecule has 0 saturated heterocycles. The van der Waals surface area contributed by atoms with Gasteiger partial charge in [0.25, 0.3) is 0 Å². The highest BCUT2D eigenvalue weighted by Gasteiger charge is 2.11. The molecular weight excluding hydrogens is 212 g/mol. The lowest BCUT2D eigenvalue weighted by Gasteiger charge is -2.16. The molecule has 0 aliphatic carbocycles. The molecule has 0 fully saturated rings. The second-order valence-corrected chi connectivity index (χ2v) is 3.80. The van der Waals surface area contributed by atoms with E-state index in [9.17, 15) is 0 Å². The number of benzene rings is 1. The average Bonchev–Trinajstić information content (AvgIpc) is 2.24. The monoisotopic (exact) mass is 228 g/mol. The zero-order valence-electron chi connectivity index (χ0n) is 9.36. The lowest BCUT2D eigenvalue weighted by atomic mass is 10.1. The van der Waals surface area contributed by atoms with Crippen molar-refractivity contribution >= 4 is 17.3 Å². The van der Waals surface area contributed by atoms with Crippen molar-refractivity contribution in [2.24, 2.45) is 5.73 Å². The van der Waals surface area contributed by atoms with Gasteiger partial charge in [-0.2, -0.15) is 0 Å². The first-order valence-corrected chi connectivity index (χ1v) is 5.27. The van der Waals surface area contributed by atoms with E-state index in [1.54, 1.807) is 7.11 Å². The van der Waals surface area contributed by atoms with Crippen LogP contribution in [0.5, 0.6) is 5.75 Å². The summed E-state index contributed by atoms with van der Waals surface area (Å²) < 4.78 is 5.30. The number of methoxy groups -OCH3 is 1. The number of rotatable bonds is 4. The van der Waals surface area contributed by atoms with Crippen molar-refractivity contribution in [3.8, 4) is 5.75 Å². The minimum absolute atomic E-state index is 0.577. The number of hydrogen-bond acceptors (Lipinski definition) is 3. The van der Waals surface area contributed by atoms with Gasteiger partial charge in [0.1, 0.15) is 5.75 Å². The molecule has 0 atom stereocenters. The maximum Gasteiger partial charge on any atom is 0.142 e. The van der Waals surface area contributed by atoms with Crippen LogP contribution in [0.3, 0.4) is 0 Å². The Hall–Kier alpha value is -0.930. The third-order valence-corrected chi connectivity index (χ3v) is 2.89. The third kappa shape index (κ3) is 2.55. The fraction of sp³-hybridized carbons (Fsp3) is 0.455. The first-order chi connectivity index (χ1) is 7.11. The molecule has 1 aromatic rings. The zero-order valence-corrected chi connectivity index (χ0v) is 10.1. The van der Waals surface area contributed by atoms with Crippen molar-refractivity contribution in [1.29, 1.82) is 0 Å². The van der Waals surface area contributed by atoms with Crippen molar-refractivity contribution in [3.05, 3.63) is 22.2 Å². The van der Waals surface area contributed by atoms with E-state index in [1.807, 2.05) is 19.9 Å². The van der Waals surface area contributed by atoms with Crippen LogP contribution in [0, 0.1) is 13.8 Å². The lowest BCUT2D eigenvalue weighted by Crippen LogP contribution is -2.14. The fourth-order valence-electron chi connectivity index (χ4n) is 1.50. The van der Waals surface area contributed by atoms with Gasteiger partial charge in [-0.25, -0.2) is 0 Å². The summed E-state index contributed by atoms with van der Waals surface area (Å²) in [4.78, 5) is 0. The molecule has 0 saturated carbocycles. The van der Waals surface area contributed by atoms with Gasteiger partial charge in [-0.15, -0.1) is 0 Å². The minimum atomic E-state index is 0.577. The van der Waals surface area contributed by atoms with E-state index < -0.39 is 0 Å². The van der Waals surface area contributed by atoms with Crippen LogP contribution in [-0.4, -0.2) is 20.2 Å². The lowest BCUT2D eigenvalue weighted by molar-refractivity contribution is 0.416. The highest BCUT2D eigenvalue weighted by molar-refractivity contribution is 6.32. The molecule has 0 amide bonds. The number of nitrogens with two attached hydrogens (primary N) is 1. The molecule has 1 aromatic carbocycles. The Kier molecular flexibility index (Phi) is 4.24. The molecule has 0 aliphatic heterocycles. The molecule has 3 N–H and O–H groups in total. The number of anilines is 1. The molecule has 0 radical (unpaired) electrons. The van der Waals surface area contributed by atoms with E-state index in [4.69, 9.17) is 22.1 Å². The average molecular weight is 229 g/mol. The van der Waals surface area contributed by atoms with Gasteiger partial charge in [0.15, 0.2) is 0 Å². The van der Waals surface area contributed by atoms with Crippen LogP contribution in [0.15, 0.2) is 6.07 Å². The maximum absolute atomic E-state index is 6.16. The molecule has 3 nitrogen and oxygen atoms in total. The molecule has 0 heterocycles. The van der Waals surface area contributed by atoms with E-state index >= 15 is 0 Å². The summed E-state index contributed by atoms with van der Waals surface area (Å²) in [6.07, 6.45) is 0. The second kappa shape index (κ2) is 5.24. The summed E-state index contributed by atoms with van der Waals surface area (Å²) in [6.45, 7) is 5.21. The van der Waals surface area contributed by atoms with Crippen molar-refractivity contribution in [2.75, 3.05) is 25.5 Å². The van der Waals surface area contributed by atoms with Gasteiger partial charge in [0.05, 0.1) is 12.8 Å². The Bertz CT molecular complexity index is 353. The van der Waals surface area contributed by atoms with Crippen LogP contribution >= 0.6 is 11.6 Å². The molecule has 84 valence electrons. The second-order valence-electron chi connectivity index (χ2n) is 3.43. The van der Waals surface area contributed by atoms with Crippen molar-refractivity contribution in [3.63, 3.8) is 0 Å². The number of nitrogens with one attached hydrogen (secondary N) is 1. The van der Waals surface area contributed by atoms with Crippen LogP contribution in [0.25, 0.3) is 0 Å². The highest BCUT2D eigenvalue weighted by atomic mass is 35.5. The summed E-state index contributed by atoms with van der Waals surface area (Å²) in [6, 6.07) is 1.92. The Morgan fingerprint density at radius 1 is 1.47 bits per heavy atom. The topological polar surface area (TPSA) is 47.3 Å². The van der Waals surface area contributed by atoms with Gasteiger partial charge in [0, 0.05) is 18.1 Å². The smallest absolute Gasteiger partial charge is 0.142 e. The van der Waals surface area contributed by atoms with Gasteiger partial charge in [-0.05, 0) is 31.0 Å². The Balaban J connectivity index is 3.15. The third-order valence-electron chi connectivity index (χ3n) is 2.31. The van der Waals surface area contributed by atoms with Crippen LogP contribution in [0.1, 0.15) is 11.1 Å². The molecule has 0 aromatic heterocycles. The summed E-state index contributed by atoms with van der Waals surface area (Å²) in [7, 11) is 1.65. The number of aryl methyl sites for hydroxylation is 1. The minimum Gasteiger partial charge on any atom is -0.495 e. The highest BCUT2D eigenvalue weighted by Crippen LogP contribution is 2.35. The van der Waals surface area contributed by atoms with Crippen LogP contribution in [0.4, 0.5) is 5.69 Å². The standard InChI is InChI=1S/C11H17ClN2O/c1-7-6-9(15-3)11(14-5-4-13)8(2)10(7)12/h6,14H,4-5,13H2,1-3H3. The Morgan fingerprint density at radius 2 is 2.13 bits per heavy atom. The number of halogens is 1. The van der Waals surface area contributed by atoms with Crippen molar-refractivity contribution in [2.45, 2.75) is 13.8 Å². The summed E-state index contributed by atoms with van der Waals surface area (Å²) in [5.41, 5.74) is 8.40.